The molecule has 19 heavy (non-hydrogen) atoms. The van der Waals surface area contributed by atoms with Crippen molar-refractivity contribution in [1.29, 1.82) is 0 Å². The van der Waals surface area contributed by atoms with Gasteiger partial charge in [-0.25, -0.2) is 0 Å². The van der Waals surface area contributed by atoms with Gasteiger partial charge in [0, 0.05) is 11.5 Å². The van der Waals surface area contributed by atoms with Crippen LogP contribution in [0.15, 0.2) is 34.7 Å². The van der Waals surface area contributed by atoms with Crippen molar-refractivity contribution in [1.82, 2.24) is 15.5 Å². The molecule has 1 aliphatic carbocycles. The summed E-state index contributed by atoms with van der Waals surface area (Å²) in [4.78, 5) is 0. The Balaban J connectivity index is 1.57. The van der Waals surface area contributed by atoms with E-state index in [1.165, 1.54) is 19.3 Å². The Hall–Kier alpha value is -1.68. The summed E-state index contributed by atoms with van der Waals surface area (Å²) in [6.45, 7) is 2.24. The van der Waals surface area contributed by atoms with Gasteiger partial charge in [-0.05, 0) is 49.9 Å². The van der Waals surface area contributed by atoms with Gasteiger partial charge in [0.1, 0.15) is 0 Å². The van der Waals surface area contributed by atoms with E-state index < -0.39 is 0 Å². The summed E-state index contributed by atoms with van der Waals surface area (Å²) in [7, 11) is 0. The van der Waals surface area contributed by atoms with Crippen LogP contribution < -0.4 is 5.32 Å². The quantitative estimate of drug-likeness (QED) is 0.896. The number of nitrogens with one attached hydrogen (secondary N) is 1. The van der Waals surface area contributed by atoms with E-state index in [1.807, 2.05) is 30.3 Å². The standard InChI is InChI=1S/C15H17N3O/c1-2-4-11(5-3-1)13-17-18-14(19-13)12-10-15(12)6-8-16-9-7-15/h1-5,12,16H,6-10H2/t12-/m1/s1. The van der Waals surface area contributed by atoms with Crippen molar-refractivity contribution in [2.24, 2.45) is 5.41 Å². The molecule has 2 fully saturated rings. The van der Waals surface area contributed by atoms with Gasteiger partial charge in [-0.3, -0.25) is 0 Å². The van der Waals surface area contributed by atoms with Gasteiger partial charge >= 0.3 is 0 Å². The van der Waals surface area contributed by atoms with Crippen LogP contribution in [0.4, 0.5) is 0 Å². The van der Waals surface area contributed by atoms with E-state index in [2.05, 4.69) is 15.5 Å². The molecule has 98 valence electrons. The smallest absolute Gasteiger partial charge is 0.247 e. The first-order valence-electron chi connectivity index (χ1n) is 6.97. The first-order valence-corrected chi connectivity index (χ1v) is 6.97. The predicted octanol–water partition coefficient (Wildman–Crippen LogP) is 2.59. The second-order valence-electron chi connectivity index (χ2n) is 5.68. The second kappa shape index (κ2) is 4.17. The van der Waals surface area contributed by atoms with E-state index in [-0.39, 0.29) is 0 Å². The molecule has 1 N–H and O–H groups in total. The summed E-state index contributed by atoms with van der Waals surface area (Å²) in [5, 5.41) is 11.9. The Bertz CT molecular complexity index is 572. The van der Waals surface area contributed by atoms with Gasteiger partial charge in [0.05, 0.1) is 0 Å². The maximum absolute atomic E-state index is 5.88. The number of piperidine rings is 1. The zero-order chi connectivity index (χ0) is 12.7. The van der Waals surface area contributed by atoms with Crippen molar-refractivity contribution in [2.45, 2.75) is 25.2 Å². The Morgan fingerprint density at radius 1 is 1.11 bits per heavy atom. The van der Waals surface area contributed by atoms with Crippen molar-refractivity contribution in [3.8, 4) is 11.5 Å². The zero-order valence-corrected chi connectivity index (χ0v) is 10.8. The van der Waals surface area contributed by atoms with Crippen LogP contribution in [0.3, 0.4) is 0 Å². The Kier molecular flexibility index (Phi) is 2.45. The lowest BCUT2D eigenvalue weighted by molar-refractivity contribution is 0.328. The van der Waals surface area contributed by atoms with Gasteiger partial charge in [-0.2, -0.15) is 0 Å². The summed E-state index contributed by atoms with van der Waals surface area (Å²) >= 11 is 0. The average molecular weight is 255 g/mol. The molecule has 2 aliphatic rings. The molecule has 2 heterocycles. The van der Waals surface area contributed by atoms with Crippen molar-refractivity contribution in [3.63, 3.8) is 0 Å². The summed E-state index contributed by atoms with van der Waals surface area (Å²) in [6.07, 6.45) is 3.69. The molecule has 0 bridgehead atoms. The lowest BCUT2D eigenvalue weighted by Gasteiger charge is -2.22. The van der Waals surface area contributed by atoms with Crippen molar-refractivity contribution < 1.29 is 4.42 Å². The highest BCUT2D eigenvalue weighted by Crippen LogP contribution is 2.63. The van der Waals surface area contributed by atoms with Crippen LogP contribution in [-0.2, 0) is 0 Å². The SMILES string of the molecule is c1ccc(-c2nnc([C@H]3CC34CCNCC4)o2)cc1. The van der Waals surface area contributed by atoms with E-state index in [1.54, 1.807) is 0 Å². The molecule has 2 aromatic rings. The molecule has 1 aromatic heterocycles. The monoisotopic (exact) mass is 255 g/mol. The fraction of sp³-hybridized carbons (Fsp3) is 0.467. The molecule has 1 saturated heterocycles. The molecule has 4 heteroatoms. The highest BCUT2D eigenvalue weighted by molar-refractivity contribution is 5.51. The molecule has 4 rings (SSSR count). The summed E-state index contributed by atoms with van der Waals surface area (Å²) in [6, 6.07) is 9.98. The van der Waals surface area contributed by atoms with Gasteiger partial charge in [-0.1, -0.05) is 18.2 Å². The molecule has 1 aliphatic heterocycles. The van der Waals surface area contributed by atoms with Gasteiger partial charge in [0.2, 0.25) is 11.8 Å². The van der Waals surface area contributed by atoms with Crippen LogP contribution in [0.25, 0.3) is 11.5 Å². The lowest BCUT2D eigenvalue weighted by atomic mass is 9.92. The third-order valence-corrected chi connectivity index (χ3v) is 4.55. The fourth-order valence-corrected chi connectivity index (χ4v) is 3.25. The third kappa shape index (κ3) is 1.87. The van der Waals surface area contributed by atoms with Crippen LogP contribution in [0.5, 0.6) is 0 Å². The first-order chi connectivity index (χ1) is 9.37. The summed E-state index contributed by atoms with van der Waals surface area (Å²) < 4.78 is 5.88. The Morgan fingerprint density at radius 2 is 1.89 bits per heavy atom. The topological polar surface area (TPSA) is 51.0 Å². The Morgan fingerprint density at radius 3 is 2.68 bits per heavy atom. The molecular weight excluding hydrogens is 238 g/mol. The highest BCUT2D eigenvalue weighted by Gasteiger charge is 2.57. The van der Waals surface area contributed by atoms with Gasteiger partial charge in [0.25, 0.3) is 0 Å². The maximum atomic E-state index is 5.88. The van der Waals surface area contributed by atoms with Gasteiger partial charge < -0.3 is 9.73 Å². The number of hydrogen-bond acceptors (Lipinski definition) is 4. The number of hydrogen-bond donors (Lipinski definition) is 1. The molecular formula is C15H17N3O. The fourth-order valence-electron chi connectivity index (χ4n) is 3.25. The minimum Gasteiger partial charge on any atom is -0.420 e. The zero-order valence-electron chi connectivity index (χ0n) is 10.8. The predicted molar refractivity (Wildman–Crippen MR) is 71.6 cm³/mol. The summed E-state index contributed by atoms with van der Waals surface area (Å²) in [5.74, 6) is 1.96. The molecule has 4 nitrogen and oxygen atoms in total. The third-order valence-electron chi connectivity index (χ3n) is 4.55. The molecule has 1 atom stereocenters. The first kappa shape index (κ1) is 11.2. The molecule has 0 amide bonds. The Labute approximate surface area is 112 Å². The number of rotatable bonds is 2. The van der Waals surface area contributed by atoms with E-state index >= 15 is 0 Å². The largest absolute Gasteiger partial charge is 0.420 e. The van der Waals surface area contributed by atoms with Crippen LogP contribution in [0.2, 0.25) is 0 Å². The van der Waals surface area contributed by atoms with E-state index in [0.717, 1.165) is 24.5 Å². The van der Waals surface area contributed by atoms with Crippen LogP contribution in [0, 0.1) is 5.41 Å². The molecule has 1 aromatic carbocycles. The van der Waals surface area contributed by atoms with E-state index in [9.17, 15) is 0 Å². The minimum atomic E-state index is 0.450. The molecule has 1 saturated carbocycles. The van der Waals surface area contributed by atoms with Crippen molar-refractivity contribution >= 4 is 0 Å². The molecule has 0 unspecified atom stereocenters. The van der Waals surface area contributed by atoms with Crippen LogP contribution >= 0.6 is 0 Å². The summed E-state index contributed by atoms with van der Waals surface area (Å²) in [5.41, 5.74) is 1.45. The average Bonchev–Trinajstić information content (AvgIpc) is 2.96. The van der Waals surface area contributed by atoms with Crippen molar-refractivity contribution in [2.75, 3.05) is 13.1 Å². The number of nitrogens with zero attached hydrogens (tertiary/aromatic N) is 2. The van der Waals surface area contributed by atoms with Gasteiger partial charge in [0.15, 0.2) is 0 Å². The lowest BCUT2D eigenvalue weighted by Crippen LogP contribution is -2.29. The van der Waals surface area contributed by atoms with Gasteiger partial charge in [-0.15, -0.1) is 10.2 Å². The number of aromatic nitrogens is 2. The maximum Gasteiger partial charge on any atom is 0.247 e. The van der Waals surface area contributed by atoms with Crippen LogP contribution in [-0.4, -0.2) is 23.3 Å². The number of benzene rings is 1. The van der Waals surface area contributed by atoms with Crippen LogP contribution in [0.1, 0.15) is 31.1 Å². The van der Waals surface area contributed by atoms with E-state index in [4.69, 9.17) is 4.42 Å². The van der Waals surface area contributed by atoms with Crippen molar-refractivity contribution in [3.05, 3.63) is 36.2 Å². The molecule has 0 radical (unpaired) electrons. The highest BCUT2D eigenvalue weighted by atomic mass is 16.4. The second-order valence-corrected chi connectivity index (χ2v) is 5.68. The van der Waals surface area contributed by atoms with E-state index in [0.29, 0.717) is 17.2 Å². The molecule has 1 spiro atoms. The normalized spacial score (nSPS) is 24.5. The minimum absolute atomic E-state index is 0.450.